The van der Waals surface area contributed by atoms with Crippen molar-refractivity contribution < 1.29 is 22.7 Å². The maximum Gasteiger partial charge on any atom is 0.401 e. The maximum absolute atomic E-state index is 11.8. The summed E-state index contributed by atoms with van der Waals surface area (Å²) in [5.41, 5.74) is 0. The molecule has 3 nitrogen and oxygen atoms in total. The number of halogens is 3. The SMILES string of the molecule is CCOC(=O)C(CC)NCC(F)(F)F. The van der Waals surface area contributed by atoms with Crippen LogP contribution in [-0.2, 0) is 9.53 Å². The van der Waals surface area contributed by atoms with E-state index < -0.39 is 24.7 Å². The van der Waals surface area contributed by atoms with Crippen molar-refractivity contribution in [3.63, 3.8) is 0 Å². The minimum atomic E-state index is -4.31. The second-order valence-corrected chi connectivity index (χ2v) is 2.71. The van der Waals surface area contributed by atoms with Gasteiger partial charge in [-0.15, -0.1) is 0 Å². The summed E-state index contributed by atoms with van der Waals surface area (Å²) in [6, 6.07) is -0.878. The van der Waals surface area contributed by atoms with E-state index >= 15 is 0 Å². The summed E-state index contributed by atoms with van der Waals surface area (Å²) in [7, 11) is 0. The van der Waals surface area contributed by atoms with Gasteiger partial charge in [0.1, 0.15) is 6.04 Å². The first-order valence-electron chi connectivity index (χ1n) is 4.37. The Kier molecular flexibility index (Phi) is 5.52. The Morgan fingerprint density at radius 3 is 2.36 bits per heavy atom. The zero-order valence-corrected chi connectivity index (χ0v) is 8.15. The van der Waals surface area contributed by atoms with Gasteiger partial charge in [0.25, 0.3) is 0 Å². The predicted molar refractivity (Wildman–Crippen MR) is 44.8 cm³/mol. The average Bonchev–Trinajstić information content (AvgIpc) is 2.03. The van der Waals surface area contributed by atoms with E-state index in [1.165, 1.54) is 0 Å². The summed E-state index contributed by atoms with van der Waals surface area (Å²) >= 11 is 0. The summed E-state index contributed by atoms with van der Waals surface area (Å²) in [6.45, 7) is 2.21. The topological polar surface area (TPSA) is 38.3 Å². The molecule has 14 heavy (non-hydrogen) atoms. The van der Waals surface area contributed by atoms with E-state index in [-0.39, 0.29) is 13.0 Å². The van der Waals surface area contributed by atoms with Crippen molar-refractivity contribution in [1.82, 2.24) is 5.32 Å². The van der Waals surface area contributed by atoms with Crippen LogP contribution in [0.5, 0.6) is 0 Å². The average molecular weight is 213 g/mol. The van der Waals surface area contributed by atoms with Gasteiger partial charge in [-0.05, 0) is 13.3 Å². The summed E-state index contributed by atoms with van der Waals surface area (Å²) < 4.78 is 40.0. The quantitative estimate of drug-likeness (QED) is 0.703. The van der Waals surface area contributed by atoms with Crippen LogP contribution in [0.25, 0.3) is 0 Å². The molecule has 1 N–H and O–H groups in total. The maximum atomic E-state index is 11.8. The Morgan fingerprint density at radius 2 is 2.00 bits per heavy atom. The van der Waals surface area contributed by atoms with Gasteiger partial charge in [0, 0.05) is 0 Å². The minimum absolute atomic E-state index is 0.170. The zero-order chi connectivity index (χ0) is 11.2. The molecule has 0 radical (unpaired) electrons. The number of carbonyl (C=O) groups is 1. The number of hydrogen-bond donors (Lipinski definition) is 1. The highest BCUT2D eigenvalue weighted by atomic mass is 19.4. The molecule has 0 rings (SSSR count). The first kappa shape index (κ1) is 13.2. The van der Waals surface area contributed by atoms with E-state index in [9.17, 15) is 18.0 Å². The Balaban J connectivity index is 3.97. The largest absolute Gasteiger partial charge is 0.465 e. The fraction of sp³-hybridized carbons (Fsp3) is 0.875. The van der Waals surface area contributed by atoms with Gasteiger partial charge in [-0.25, -0.2) is 0 Å². The van der Waals surface area contributed by atoms with Crippen LogP contribution in [0.1, 0.15) is 20.3 Å². The first-order chi connectivity index (χ1) is 6.40. The van der Waals surface area contributed by atoms with Crippen LogP contribution in [0.3, 0.4) is 0 Å². The number of nitrogens with one attached hydrogen (secondary N) is 1. The molecule has 1 unspecified atom stereocenters. The molecule has 0 saturated heterocycles. The lowest BCUT2D eigenvalue weighted by atomic mass is 10.2. The number of carbonyl (C=O) groups excluding carboxylic acids is 1. The number of rotatable bonds is 5. The van der Waals surface area contributed by atoms with Crippen LogP contribution in [0.2, 0.25) is 0 Å². The van der Waals surface area contributed by atoms with Gasteiger partial charge in [-0.2, -0.15) is 13.2 Å². The fourth-order valence-electron chi connectivity index (χ4n) is 0.876. The molecule has 0 aliphatic heterocycles. The molecule has 0 spiro atoms. The summed E-state index contributed by atoms with van der Waals surface area (Å²) in [5.74, 6) is -0.640. The number of hydrogen-bond acceptors (Lipinski definition) is 3. The minimum Gasteiger partial charge on any atom is -0.465 e. The van der Waals surface area contributed by atoms with Crippen molar-refractivity contribution in [2.24, 2.45) is 0 Å². The molecular weight excluding hydrogens is 199 g/mol. The lowest BCUT2D eigenvalue weighted by molar-refractivity contribution is -0.148. The molecule has 0 heterocycles. The van der Waals surface area contributed by atoms with E-state index in [4.69, 9.17) is 0 Å². The molecule has 0 aromatic heterocycles. The van der Waals surface area contributed by atoms with E-state index in [1.54, 1.807) is 13.8 Å². The van der Waals surface area contributed by atoms with Gasteiger partial charge in [-0.1, -0.05) is 6.92 Å². The van der Waals surface area contributed by atoms with Crippen LogP contribution in [0, 0.1) is 0 Å². The van der Waals surface area contributed by atoms with Crippen LogP contribution in [0.15, 0.2) is 0 Å². The standard InChI is InChI=1S/C8H14F3NO2/c1-3-6(7(13)14-4-2)12-5-8(9,10)11/h6,12H,3-5H2,1-2H3. The molecule has 0 aromatic carbocycles. The molecule has 0 amide bonds. The smallest absolute Gasteiger partial charge is 0.401 e. The third kappa shape index (κ3) is 5.80. The van der Waals surface area contributed by atoms with Crippen molar-refractivity contribution in [2.75, 3.05) is 13.2 Å². The molecule has 84 valence electrons. The van der Waals surface area contributed by atoms with Crippen molar-refractivity contribution in [3.8, 4) is 0 Å². The Morgan fingerprint density at radius 1 is 1.43 bits per heavy atom. The molecule has 1 atom stereocenters. The van der Waals surface area contributed by atoms with Gasteiger partial charge < -0.3 is 4.74 Å². The van der Waals surface area contributed by atoms with Crippen LogP contribution in [-0.4, -0.2) is 31.3 Å². The van der Waals surface area contributed by atoms with E-state index in [0.29, 0.717) is 0 Å². The normalized spacial score (nSPS) is 13.8. The Bertz CT molecular complexity index is 182. The second kappa shape index (κ2) is 5.85. The highest BCUT2D eigenvalue weighted by Crippen LogP contribution is 2.13. The molecule has 0 fully saturated rings. The van der Waals surface area contributed by atoms with Gasteiger partial charge in [-0.3, -0.25) is 10.1 Å². The lowest BCUT2D eigenvalue weighted by Crippen LogP contribution is -2.42. The molecule has 0 aliphatic carbocycles. The predicted octanol–water partition coefficient (Wildman–Crippen LogP) is 1.48. The molecule has 0 bridgehead atoms. The van der Waals surface area contributed by atoms with Crippen molar-refractivity contribution >= 4 is 5.97 Å². The van der Waals surface area contributed by atoms with Gasteiger partial charge in [0.2, 0.25) is 0 Å². The number of ether oxygens (including phenoxy) is 1. The molecule has 0 aromatic rings. The molecule has 0 aliphatic rings. The highest BCUT2D eigenvalue weighted by molar-refractivity contribution is 5.75. The Hall–Kier alpha value is -0.780. The van der Waals surface area contributed by atoms with Gasteiger partial charge >= 0.3 is 12.1 Å². The highest BCUT2D eigenvalue weighted by Gasteiger charge is 2.29. The van der Waals surface area contributed by atoms with Crippen LogP contribution >= 0.6 is 0 Å². The van der Waals surface area contributed by atoms with Crippen LogP contribution in [0.4, 0.5) is 13.2 Å². The third-order valence-electron chi connectivity index (χ3n) is 1.53. The molecular formula is C8H14F3NO2. The number of esters is 1. The van der Waals surface area contributed by atoms with Crippen molar-refractivity contribution in [3.05, 3.63) is 0 Å². The lowest BCUT2D eigenvalue weighted by Gasteiger charge is -2.16. The third-order valence-corrected chi connectivity index (χ3v) is 1.53. The second-order valence-electron chi connectivity index (χ2n) is 2.71. The van der Waals surface area contributed by atoms with E-state index in [1.807, 2.05) is 0 Å². The summed E-state index contributed by atoms with van der Waals surface area (Å²) in [5, 5.41) is 2.09. The van der Waals surface area contributed by atoms with Gasteiger partial charge in [0.05, 0.1) is 13.2 Å². The van der Waals surface area contributed by atoms with E-state index in [0.717, 1.165) is 0 Å². The first-order valence-corrected chi connectivity index (χ1v) is 4.37. The molecule has 0 saturated carbocycles. The van der Waals surface area contributed by atoms with Crippen molar-refractivity contribution in [2.45, 2.75) is 32.5 Å². The number of alkyl halides is 3. The molecule has 6 heteroatoms. The monoisotopic (exact) mass is 213 g/mol. The Labute approximate surface area is 80.6 Å². The zero-order valence-electron chi connectivity index (χ0n) is 8.15. The summed E-state index contributed by atoms with van der Waals surface area (Å²) in [6.07, 6.45) is -4.03. The van der Waals surface area contributed by atoms with E-state index in [2.05, 4.69) is 10.1 Å². The summed E-state index contributed by atoms with van der Waals surface area (Å²) in [4.78, 5) is 11.0. The van der Waals surface area contributed by atoms with Gasteiger partial charge in [0.15, 0.2) is 0 Å². The van der Waals surface area contributed by atoms with Crippen LogP contribution < -0.4 is 5.32 Å². The van der Waals surface area contributed by atoms with Crippen molar-refractivity contribution in [1.29, 1.82) is 0 Å². The fourth-order valence-corrected chi connectivity index (χ4v) is 0.876.